The maximum atomic E-state index is 13.1. The maximum Gasteiger partial charge on any atom is 0.325 e. The Balaban J connectivity index is 2.90. The number of carboxylic acids is 1. The summed E-state index contributed by atoms with van der Waals surface area (Å²) in [5, 5.41) is 16.9. The predicted octanol–water partition coefficient (Wildman–Crippen LogP) is 0.290. The van der Waals surface area contributed by atoms with Gasteiger partial charge >= 0.3 is 5.97 Å². The lowest BCUT2D eigenvalue weighted by Gasteiger charge is -2.25. The van der Waals surface area contributed by atoms with Crippen LogP contribution in [0.5, 0.6) is 0 Å². The number of carbonyl (C=O) groups is 4. The van der Waals surface area contributed by atoms with Gasteiger partial charge in [0.25, 0.3) is 0 Å². The molecule has 1 rings (SSSR count). The average Bonchev–Trinajstić information content (AvgIpc) is 2.78. The van der Waals surface area contributed by atoms with Crippen LogP contribution in [-0.4, -0.2) is 59.5 Å². The molecule has 0 aliphatic carbocycles. The monoisotopic (exact) mass is 477 g/mol. The molecule has 0 heterocycles. The Morgan fingerprint density at radius 3 is 2.03 bits per heavy atom. The van der Waals surface area contributed by atoms with E-state index in [1.54, 1.807) is 0 Å². The molecule has 0 radical (unpaired) electrons. The van der Waals surface area contributed by atoms with Gasteiger partial charge in [-0.1, -0.05) is 44.2 Å². The lowest BCUT2D eigenvalue weighted by molar-refractivity contribution is -0.142. The number of nitrogens with two attached hydrogens (primary N) is 2. The Bertz CT molecular complexity index is 802. The molecule has 10 nitrogen and oxygen atoms in total. The second kappa shape index (κ2) is 15.0. The number of benzene rings is 1. The van der Waals surface area contributed by atoms with E-state index in [0.29, 0.717) is 38.6 Å². The molecule has 0 aliphatic heterocycles. The Labute approximate surface area is 201 Å². The van der Waals surface area contributed by atoms with Crippen LogP contribution in [0.1, 0.15) is 52.0 Å². The average molecular weight is 478 g/mol. The minimum absolute atomic E-state index is 0.0563. The van der Waals surface area contributed by atoms with Gasteiger partial charge in [-0.15, -0.1) is 0 Å². The highest BCUT2D eigenvalue weighted by Gasteiger charge is 2.29. The molecule has 1 aromatic carbocycles. The smallest absolute Gasteiger partial charge is 0.325 e. The van der Waals surface area contributed by atoms with Crippen molar-refractivity contribution in [1.82, 2.24) is 16.0 Å². The highest BCUT2D eigenvalue weighted by Crippen LogP contribution is 2.09. The third kappa shape index (κ3) is 10.8. The summed E-state index contributed by atoms with van der Waals surface area (Å²) in [6, 6.07) is 5.52. The van der Waals surface area contributed by atoms with Crippen molar-refractivity contribution in [2.45, 2.75) is 77.0 Å². The molecule has 3 amide bonds. The molecule has 10 heteroatoms. The van der Waals surface area contributed by atoms with Gasteiger partial charge in [0.15, 0.2) is 0 Å². The molecule has 4 atom stereocenters. The largest absolute Gasteiger partial charge is 0.480 e. The van der Waals surface area contributed by atoms with Crippen LogP contribution in [0.3, 0.4) is 0 Å². The number of carbonyl (C=O) groups excluding carboxylic acids is 3. The van der Waals surface area contributed by atoms with E-state index in [4.69, 9.17) is 16.6 Å². The van der Waals surface area contributed by atoms with E-state index in [0.717, 1.165) is 5.56 Å². The van der Waals surface area contributed by atoms with Gasteiger partial charge in [0.05, 0.1) is 6.04 Å². The number of unbranched alkanes of at least 4 members (excludes halogenated alkanes) is 1. The van der Waals surface area contributed by atoms with Crippen LogP contribution in [-0.2, 0) is 25.6 Å². The van der Waals surface area contributed by atoms with Crippen molar-refractivity contribution in [3.63, 3.8) is 0 Å². The van der Waals surface area contributed by atoms with Crippen molar-refractivity contribution in [3.8, 4) is 0 Å². The first-order chi connectivity index (χ1) is 16.0. The topological polar surface area (TPSA) is 177 Å². The maximum absolute atomic E-state index is 13.1. The fourth-order valence-electron chi connectivity index (χ4n) is 3.35. The van der Waals surface area contributed by atoms with E-state index >= 15 is 0 Å². The third-order valence-corrected chi connectivity index (χ3v) is 5.28. The summed E-state index contributed by atoms with van der Waals surface area (Å²) in [6.45, 7) is 5.56. The summed E-state index contributed by atoms with van der Waals surface area (Å²) in [4.78, 5) is 49.5. The number of aliphatic carboxylic acids is 1. The Kier molecular flexibility index (Phi) is 12.8. The number of hydrogen-bond donors (Lipinski definition) is 6. The molecule has 34 heavy (non-hydrogen) atoms. The zero-order valence-electron chi connectivity index (χ0n) is 20.3. The van der Waals surface area contributed by atoms with Gasteiger partial charge in [-0.25, -0.2) is 0 Å². The summed E-state index contributed by atoms with van der Waals surface area (Å²) in [5.74, 6) is -2.71. The van der Waals surface area contributed by atoms with Crippen LogP contribution in [0.15, 0.2) is 30.3 Å². The van der Waals surface area contributed by atoms with E-state index in [1.165, 1.54) is 6.92 Å². The fourth-order valence-corrected chi connectivity index (χ4v) is 3.35. The molecule has 0 aliphatic rings. The molecule has 0 aromatic heterocycles. The van der Waals surface area contributed by atoms with Crippen molar-refractivity contribution in [1.29, 1.82) is 0 Å². The van der Waals surface area contributed by atoms with Crippen molar-refractivity contribution >= 4 is 23.7 Å². The van der Waals surface area contributed by atoms with Crippen LogP contribution in [0.25, 0.3) is 0 Å². The van der Waals surface area contributed by atoms with Crippen molar-refractivity contribution in [2.75, 3.05) is 6.54 Å². The number of carboxylic acid groups (broad SMARTS) is 1. The van der Waals surface area contributed by atoms with Gasteiger partial charge in [0.1, 0.15) is 18.1 Å². The quantitative estimate of drug-likeness (QED) is 0.197. The predicted molar refractivity (Wildman–Crippen MR) is 130 cm³/mol. The molecular weight excluding hydrogens is 438 g/mol. The molecule has 190 valence electrons. The fraction of sp³-hybridized carbons (Fsp3) is 0.583. The van der Waals surface area contributed by atoms with Gasteiger partial charge in [-0.3, -0.25) is 19.2 Å². The van der Waals surface area contributed by atoms with Crippen molar-refractivity contribution in [3.05, 3.63) is 35.9 Å². The minimum Gasteiger partial charge on any atom is -0.480 e. The summed E-state index contributed by atoms with van der Waals surface area (Å²) in [5.41, 5.74) is 12.5. The molecule has 0 saturated heterocycles. The van der Waals surface area contributed by atoms with Crippen LogP contribution >= 0.6 is 0 Å². The molecule has 0 saturated carbocycles. The molecule has 1 aromatic rings. The van der Waals surface area contributed by atoms with E-state index < -0.39 is 47.9 Å². The second-order valence-corrected chi connectivity index (χ2v) is 8.90. The summed E-state index contributed by atoms with van der Waals surface area (Å²) >= 11 is 0. The van der Waals surface area contributed by atoms with Gasteiger partial charge < -0.3 is 32.5 Å². The standard InChI is InChI=1S/C24H39N5O5/c1-15(2)13-20(23(32)27-16(3)24(33)34)29-22(31)19(11-7-8-12-25)28-21(30)18(26)14-17-9-5-4-6-10-17/h4-6,9-10,15-16,18-20H,7-8,11-14,25-26H2,1-3H3,(H,27,32)(H,28,30)(H,29,31)(H,33,34). The third-order valence-electron chi connectivity index (χ3n) is 5.28. The van der Waals surface area contributed by atoms with Crippen molar-refractivity contribution < 1.29 is 24.3 Å². The van der Waals surface area contributed by atoms with Gasteiger partial charge in [-0.2, -0.15) is 0 Å². The highest BCUT2D eigenvalue weighted by molar-refractivity contribution is 5.94. The Morgan fingerprint density at radius 2 is 1.47 bits per heavy atom. The highest BCUT2D eigenvalue weighted by atomic mass is 16.4. The van der Waals surface area contributed by atoms with E-state index in [1.807, 2.05) is 44.2 Å². The molecule has 8 N–H and O–H groups in total. The zero-order valence-corrected chi connectivity index (χ0v) is 20.3. The zero-order chi connectivity index (χ0) is 25.7. The van der Waals surface area contributed by atoms with Crippen LogP contribution < -0.4 is 27.4 Å². The first kappa shape index (κ1) is 29.1. The summed E-state index contributed by atoms with van der Waals surface area (Å²) < 4.78 is 0. The lowest BCUT2D eigenvalue weighted by Crippen LogP contribution is -2.57. The first-order valence-electron chi connectivity index (χ1n) is 11.7. The molecule has 0 spiro atoms. The number of rotatable bonds is 15. The molecule has 0 bridgehead atoms. The van der Waals surface area contributed by atoms with Crippen LogP contribution in [0.2, 0.25) is 0 Å². The Morgan fingerprint density at radius 1 is 0.882 bits per heavy atom. The summed E-state index contributed by atoms with van der Waals surface area (Å²) in [7, 11) is 0. The van der Waals surface area contributed by atoms with Gasteiger partial charge in [0, 0.05) is 0 Å². The van der Waals surface area contributed by atoms with Crippen LogP contribution in [0.4, 0.5) is 0 Å². The molecular formula is C24H39N5O5. The van der Waals surface area contributed by atoms with E-state index in [2.05, 4.69) is 16.0 Å². The lowest BCUT2D eigenvalue weighted by atomic mass is 10.0. The Hall–Kier alpha value is -2.98. The SMILES string of the molecule is CC(C)CC(NC(=O)C(CCCCN)NC(=O)C(N)Cc1ccccc1)C(=O)NC(C)C(=O)O. The minimum atomic E-state index is -1.18. The van der Waals surface area contributed by atoms with E-state index in [9.17, 15) is 19.2 Å². The number of amides is 3. The summed E-state index contributed by atoms with van der Waals surface area (Å²) in [6.07, 6.45) is 2.21. The first-order valence-corrected chi connectivity index (χ1v) is 11.7. The number of nitrogens with one attached hydrogen (secondary N) is 3. The molecule has 0 fully saturated rings. The second-order valence-electron chi connectivity index (χ2n) is 8.90. The van der Waals surface area contributed by atoms with Crippen molar-refractivity contribution in [2.24, 2.45) is 17.4 Å². The molecule has 4 unspecified atom stereocenters. The van der Waals surface area contributed by atoms with Gasteiger partial charge in [-0.05, 0) is 57.1 Å². The normalized spacial score (nSPS) is 14.5. The number of hydrogen-bond acceptors (Lipinski definition) is 6. The van der Waals surface area contributed by atoms with Gasteiger partial charge in [0.2, 0.25) is 17.7 Å². The van der Waals surface area contributed by atoms with Crippen LogP contribution in [0, 0.1) is 5.92 Å². The van der Waals surface area contributed by atoms with E-state index in [-0.39, 0.29) is 5.92 Å².